The third kappa shape index (κ3) is 0.920. The van der Waals surface area contributed by atoms with Crippen molar-refractivity contribution in [2.45, 2.75) is 30.5 Å². The fourth-order valence-corrected chi connectivity index (χ4v) is 1.06. The first-order chi connectivity index (χ1) is 4.55. The van der Waals surface area contributed by atoms with Gasteiger partial charge in [0, 0.05) is 0 Å². The molecule has 0 unspecified atom stereocenters. The molecule has 5 nitrogen and oxygen atoms in total. The Morgan fingerprint density at radius 3 is 1.10 bits per heavy atom. The Kier molecular flexibility index (Phi) is 1.93. The Morgan fingerprint density at radius 1 is 0.700 bits per heavy atom. The maximum Gasteiger partial charge on any atom is 0.110 e. The highest BCUT2D eigenvalue weighted by atomic mass is 16.4. The summed E-state index contributed by atoms with van der Waals surface area (Å²) < 4.78 is 0. The first-order valence-corrected chi connectivity index (χ1v) is 3.03. The third-order valence-electron chi connectivity index (χ3n) is 1.84. The molecule has 5 heteroatoms. The summed E-state index contributed by atoms with van der Waals surface area (Å²) >= 11 is 0. The summed E-state index contributed by atoms with van der Waals surface area (Å²) in [5.74, 6) is 0. The molecule has 1 saturated carbocycles. The van der Waals surface area contributed by atoms with Gasteiger partial charge in [0.05, 0.1) is 6.04 Å². The van der Waals surface area contributed by atoms with Crippen molar-refractivity contribution >= 4 is 0 Å². The Morgan fingerprint density at radius 2 is 1.00 bits per heavy atom. The predicted molar refractivity (Wildman–Crippen MR) is 32.0 cm³/mol. The van der Waals surface area contributed by atoms with E-state index in [0.29, 0.717) is 0 Å². The summed E-state index contributed by atoms with van der Waals surface area (Å²) in [5, 5.41) is 35.6. The van der Waals surface area contributed by atoms with Crippen molar-refractivity contribution in [3.8, 4) is 0 Å². The molecule has 0 heterocycles. The molecule has 1 aliphatic rings. The largest absolute Gasteiger partial charge is 0.389 e. The van der Waals surface area contributed by atoms with Gasteiger partial charge in [-0.25, -0.2) is 0 Å². The van der Waals surface area contributed by atoms with Crippen molar-refractivity contribution in [1.82, 2.24) is 0 Å². The topological polar surface area (TPSA) is 107 Å². The number of hydrogen-bond donors (Lipinski definition) is 5. The maximum absolute atomic E-state index is 8.91. The number of aliphatic hydroxyl groups is 4. The maximum atomic E-state index is 8.91. The molecule has 0 amide bonds. The average molecular weight is 149 g/mol. The summed E-state index contributed by atoms with van der Waals surface area (Å²) in [4.78, 5) is 0. The van der Waals surface area contributed by atoms with Crippen LogP contribution < -0.4 is 5.73 Å². The molecule has 0 aliphatic heterocycles. The van der Waals surface area contributed by atoms with Gasteiger partial charge >= 0.3 is 0 Å². The summed E-state index contributed by atoms with van der Waals surface area (Å²) in [6.45, 7) is 0. The number of nitrogens with two attached hydrogens (primary N) is 1. The van der Waals surface area contributed by atoms with Crippen molar-refractivity contribution in [3.05, 3.63) is 0 Å². The van der Waals surface area contributed by atoms with E-state index in [1.807, 2.05) is 0 Å². The zero-order chi connectivity index (χ0) is 7.89. The van der Waals surface area contributed by atoms with Crippen LogP contribution in [0.3, 0.4) is 0 Å². The van der Waals surface area contributed by atoms with Crippen molar-refractivity contribution in [2.24, 2.45) is 5.73 Å². The Labute approximate surface area is 57.7 Å². The minimum absolute atomic E-state index is 0.954. The van der Waals surface area contributed by atoms with Crippen LogP contribution in [0.1, 0.15) is 0 Å². The molecule has 0 saturated heterocycles. The number of aliphatic hydroxyl groups excluding tert-OH is 4. The van der Waals surface area contributed by atoms with Gasteiger partial charge in [0.1, 0.15) is 24.4 Å². The molecule has 0 aromatic heterocycles. The van der Waals surface area contributed by atoms with E-state index < -0.39 is 30.5 Å². The molecule has 6 N–H and O–H groups in total. The first-order valence-electron chi connectivity index (χ1n) is 3.03. The van der Waals surface area contributed by atoms with E-state index in [9.17, 15) is 0 Å². The first kappa shape index (κ1) is 7.90. The van der Waals surface area contributed by atoms with Gasteiger partial charge < -0.3 is 26.2 Å². The molecule has 0 aromatic carbocycles. The summed E-state index contributed by atoms with van der Waals surface area (Å²) in [7, 11) is 0. The fourth-order valence-electron chi connectivity index (χ4n) is 1.06. The summed E-state index contributed by atoms with van der Waals surface area (Å²) in [5.41, 5.74) is 5.18. The predicted octanol–water partition coefficient (Wildman–Crippen LogP) is -3.23. The minimum atomic E-state index is -1.33. The average Bonchev–Trinajstić information content (AvgIpc) is 2.07. The number of hydrogen-bond acceptors (Lipinski definition) is 5. The molecular formula is C5H11NO4. The van der Waals surface area contributed by atoms with Crippen molar-refractivity contribution in [1.29, 1.82) is 0 Å². The van der Waals surface area contributed by atoms with Crippen molar-refractivity contribution in [2.75, 3.05) is 0 Å². The molecular weight excluding hydrogens is 138 g/mol. The quantitative estimate of drug-likeness (QED) is 0.249. The van der Waals surface area contributed by atoms with Crippen LogP contribution in [0.5, 0.6) is 0 Å². The van der Waals surface area contributed by atoms with E-state index in [-0.39, 0.29) is 0 Å². The zero-order valence-electron chi connectivity index (χ0n) is 5.25. The second-order valence-corrected chi connectivity index (χ2v) is 2.54. The summed E-state index contributed by atoms with van der Waals surface area (Å²) in [6, 6.07) is -0.954. The molecule has 1 fully saturated rings. The van der Waals surface area contributed by atoms with Gasteiger partial charge in [-0.1, -0.05) is 0 Å². The second kappa shape index (κ2) is 2.44. The van der Waals surface area contributed by atoms with Crippen LogP contribution in [0, 0.1) is 0 Å². The molecule has 0 spiro atoms. The van der Waals surface area contributed by atoms with E-state index in [1.54, 1.807) is 0 Å². The zero-order valence-corrected chi connectivity index (χ0v) is 5.25. The normalized spacial score (nSPS) is 55.5. The molecule has 60 valence electrons. The van der Waals surface area contributed by atoms with Gasteiger partial charge in [-0.05, 0) is 0 Å². The molecule has 0 aromatic rings. The van der Waals surface area contributed by atoms with E-state index in [0.717, 1.165) is 0 Å². The smallest absolute Gasteiger partial charge is 0.110 e. The molecule has 0 bridgehead atoms. The Hall–Kier alpha value is -0.200. The third-order valence-corrected chi connectivity index (χ3v) is 1.84. The van der Waals surface area contributed by atoms with E-state index in [2.05, 4.69) is 0 Å². The number of rotatable bonds is 0. The summed E-state index contributed by atoms with van der Waals surface area (Å²) in [6.07, 6.45) is -5.12. The van der Waals surface area contributed by atoms with Gasteiger partial charge in [0.25, 0.3) is 0 Å². The second-order valence-electron chi connectivity index (χ2n) is 2.54. The molecule has 1 aliphatic carbocycles. The lowest BCUT2D eigenvalue weighted by molar-refractivity contribution is -0.0413. The lowest BCUT2D eigenvalue weighted by Gasteiger charge is -2.11. The van der Waals surface area contributed by atoms with E-state index in [4.69, 9.17) is 26.2 Å². The van der Waals surface area contributed by atoms with Crippen LogP contribution in [0.4, 0.5) is 0 Å². The lowest BCUT2D eigenvalue weighted by atomic mass is 10.2. The minimum Gasteiger partial charge on any atom is -0.389 e. The molecule has 10 heavy (non-hydrogen) atoms. The van der Waals surface area contributed by atoms with Crippen LogP contribution in [-0.4, -0.2) is 50.9 Å². The van der Waals surface area contributed by atoms with Gasteiger partial charge in [-0.3, -0.25) is 0 Å². The van der Waals surface area contributed by atoms with Crippen LogP contribution in [0.25, 0.3) is 0 Å². The Bertz CT molecular complexity index is 86.0. The van der Waals surface area contributed by atoms with Crippen LogP contribution in [0.2, 0.25) is 0 Å². The Balaban J connectivity index is 2.68. The molecule has 1 rings (SSSR count). The van der Waals surface area contributed by atoms with Gasteiger partial charge in [0.2, 0.25) is 0 Å². The highest BCUT2D eigenvalue weighted by Crippen LogP contribution is 2.19. The molecule has 4 atom stereocenters. The van der Waals surface area contributed by atoms with E-state index in [1.165, 1.54) is 0 Å². The van der Waals surface area contributed by atoms with Gasteiger partial charge in [-0.2, -0.15) is 0 Å². The van der Waals surface area contributed by atoms with Crippen LogP contribution >= 0.6 is 0 Å². The SMILES string of the molecule is NC1[C@H](O)[C@H](O)[C@@H](O)[C@H]1O. The highest BCUT2D eigenvalue weighted by Gasteiger charge is 2.46. The van der Waals surface area contributed by atoms with Crippen LogP contribution in [0.15, 0.2) is 0 Å². The van der Waals surface area contributed by atoms with Crippen molar-refractivity contribution in [3.63, 3.8) is 0 Å². The molecule has 0 radical (unpaired) electrons. The lowest BCUT2D eigenvalue weighted by Crippen LogP contribution is -2.40. The van der Waals surface area contributed by atoms with Crippen LogP contribution in [-0.2, 0) is 0 Å². The van der Waals surface area contributed by atoms with Gasteiger partial charge in [-0.15, -0.1) is 0 Å². The highest BCUT2D eigenvalue weighted by molar-refractivity contribution is 5.00. The van der Waals surface area contributed by atoms with E-state index >= 15 is 0 Å². The monoisotopic (exact) mass is 149 g/mol. The standard InChI is InChI=1S/C5H11NO4/c6-1-2(7)4(9)5(10)3(1)8/h1-5,7-10H,6H2/t2-,3-,4-,5-/m0/s1. The van der Waals surface area contributed by atoms with Gasteiger partial charge in [0.15, 0.2) is 0 Å². The fraction of sp³-hybridized carbons (Fsp3) is 1.00. The van der Waals surface area contributed by atoms with Crippen molar-refractivity contribution < 1.29 is 20.4 Å².